The van der Waals surface area contributed by atoms with Gasteiger partial charge in [-0.3, -0.25) is 0 Å². The molecule has 0 saturated carbocycles. The topological polar surface area (TPSA) is 48.4 Å². The van der Waals surface area contributed by atoms with Crippen LogP contribution in [0, 0.1) is 0 Å². The normalized spacial score (nSPS) is 13.4. The standard InChI is InChI=1S/C14H25N3O/c1-6-15-11(2)12-8-7-9-16-13(12)17(5)10-14(3,4)18/h7-9,11,15,18H,6,10H2,1-5H3. The van der Waals surface area contributed by atoms with E-state index < -0.39 is 5.60 Å². The number of hydrogen-bond acceptors (Lipinski definition) is 4. The van der Waals surface area contributed by atoms with E-state index in [0.29, 0.717) is 6.54 Å². The summed E-state index contributed by atoms with van der Waals surface area (Å²) < 4.78 is 0. The van der Waals surface area contributed by atoms with Crippen molar-refractivity contribution in [1.29, 1.82) is 0 Å². The Morgan fingerprint density at radius 1 is 1.50 bits per heavy atom. The summed E-state index contributed by atoms with van der Waals surface area (Å²) in [6, 6.07) is 4.28. The largest absolute Gasteiger partial charge is 0.389 e. The fourth-order valence-electron chi connectivity index (χ4n) is 2.14. The molecule has 0 saturated heterocycles. The van der Waals surface area contributed by atoms with Gasteiger partial charge in [0.25, 0.3) is 0 Å². The Hall–Kier alpha value is -1.13. The van der Waals surface area contributed by atoms with Crippen molar-refractivity contribution >= 4 is 5.82 Å². The van der Waals surface area contributed by atoms with Gasteiger partial charge in [0.05, 0.1) is 5.60 Å². The van der Waals surface area contributed by atoms with Crippen LogP contribution >= 0.6 is 0 Å². The van der Waals surface area contributed by atoms with Gasteiger partial charge in [-0.2, -0.15) is 0 Å². The first-order chi connectivity index (χ1) is 8.35. The van der Waals surface area contributed by atoms with E-state index in [1.165, 1.54) is 0 Å². The molecule has 2 N–H and O–H groups in total. The van der Waals surface area contributed by atoms with Gasteiger partial charge in [0.1, 0.15) is 5.82 Å². The summed E-state index contributed by atoms with van der Waals surface area (Å²) in [5, 5.41) is 13.3. The summed E-state index contributed by atoms with van der Waals surface area (Å²) in [6.07, 6.45) is 1.79. The second-order valence-electron chi connectivity index (χ2n) is 5.36. The van der Waals surface area contributed by atoms with Crippen molar-refractivity contribution in [1.82, 2.24) is 10.3 Å². The van der Waals surface area contributed by atoms with Crippen molar-refractivity contribution in [3.63, 3.8) is 0 Å². The van der Waals surface area contributed by atoms with Crippen LogP contribution in [0.25, 0.3) is 0 Å². The molecular weight excluding hydrogens is 226 g/mol. The third-order valence-corrected chi connectivity index (χ3v) is 2.78. The molecule has 0 aliphatic carbocycles. The van der Waals surface area contributed by atoms with Crippen LogP contribution in [0.1, 0.15) is 39.3 Å². The molecule has 1 atom stereocenters. The molecule has 1 heterocycles. The molecule has 4 nitrogen and oxygen atoms in total. The molecule has 0 spiro atoms. The average Bonchev–Trinajstić information content (AvgIpc) is 2.27. The Morgan fingerprint density at radius 2 is 2.17 bits per heavy atom. The quantitative estimate of drug-likeness (QED) is 0.811. The van der Waals surface area contributed by atoms with E-state index in [2.05, 4.69) is 30.2 Å². The van der Waals surface area contributed by atoms with Crippen molar-refractivity contribution in [3.05, 3.63) is 23.9 Å². The molecule has 0 aliphatic heterocycles. The summed E-state index contributed by atoms with van der Waals surface area (Å²) in [7, 11) is 1.96. The number of nitrogens with zero attached hydrogens (tertiary/aromatic N) is 2. The summed E-state index contributed by atoms with van der Waals surface area (Å²) in [5.74, 6) is 0.924. The highest BCUT2D eigenvalue weighted by Crippen LogP contribution is 2.23. The Balaban J connectivity index is 2.94. The maximum Gasteiger partial charge on any atom is 0.133 e. The Kier molecular flexibility index (Phi) is 5.11. The monoisotopic (exact) mass is 251 g/mol. The molecule has 1 unspecified atom stereocenters. The van der Waals surface area contributed by atoms with Crippen molar-refractivity contribution in [2.24, 2.45) is 0 Å². The third-order valence-electron chi connectivity index (χ3n) is 2.78. The van der Waals surface area contributed by atoms with Gasteiger partial charge >= 0.3 is 0 Å². The average molecular weight is 251 g/mol. The molecule has 1 aromatic heterocycles. The highest BCUT2D eigenvalue weighted by Gasteiger charge is 2.20. The minimum atomic E-state index is -0.731. The lowest BCUT2D eigenvalue weighted by Crippen LogP contribution is -2.37. The van der Waals surface area contributed by atoms with Gasteiger partial charge in [0, 0.05) is 31.4 Å². The molecule has 0 radical (unpaired) electrons. The molecule has 0 bridgehead atoms. The highest BCUT2D eigenvalue weighted by molar-refractivity contribution is 5.47. The van der Waals surface area contributed by atoms with Crippen molar-refractivity contribution in [3.8, 4) is 0 Å². The van der Waals surface area contributed by atoms with Crippen LogP contribution in [0.4, 0.5) is 5.82 Å². The van der Waals surface area contributed by atoms with Crippen LogP contribution in [-0.4, -0.2) is 35.8 Å². The van der Waals surface area contributed by atoms with Crippen molar-refractivity contribution in [2.45, 2.75) is 39.3 Å². The zero-order chi connectivity index (χ0) is 13.8. The number of likely N-dealkylation sites (N-methyl/N-ethyl adjacent to an activating group) is 1. The van der Waals surface area contributed by atoms with Crippen LogP contribution in [-0.2, 0) is 0 Å². The predicted molar refractivity (Wildman–Crippen MR) is 75.9 cm³/mol. The molecule has 102 valence electrons. The first kappa shape index (κ1) is 14.9. The maximum atomic E-state index is 9.90. The van der Waals surface area contributed by atoms with Crippen molar-refractivity contribution in [2.75, 3.05) is 25.0 Å². The van der Waals surface area contributed by atoms with E-state index in [0.717, 1.165) is 17.9 Å². The Bertz CT molecular complexity index is 374. The van der Waals surface area contributed by atoms with Crippen LogP contribution in [0.5, 0.6) is 0 Å². The summed E-state index contributed by atoms with van der Waals surface area (Å²) >= 11 is 0. The Morgan fingerprint density at radius 3 is 2.72 bits per heavy atom. The number of aliphatic hydroxyl groups is 1. The van der Waals surface area contributed by atoms with Crippen LogP contribution in [0.3, 0.4) is 0 Å². The fraction of sp³-hybridized carbons (Fsp3) is 0.643. The van der Waals surface area contributed by atoms with Gasteiger partial charge in [-0.15, -0.1) is 0 Å². The molecule has 0 fully saturated rings. The molecule has 18 heavy (non-hydrogen) atoms. The lowest BCUT2D eigenvalue weighted by atomic mass is 10.1. The SMILES string of the molecule is CCNC(C)c1cccnc1N(C)CC(C)(C)O. The second kappa shape index (κ2) is 6.16. The Labute approximate surface area is 110 Å². The second-order valence-corrected chi connectivity index (χ2v) is 5.36. The van der Waals surface area contributed by atoms with Crippen LogP contribution in [0.15, 0.2) is 18.3 Å². The molecule has 0 aliphatic rings. The summed E-state index contributed by atoms with van der Waals surface area (Å²) in [5.41, 5.74) is 0.427. The molecule has 0 aromatic carbocycles. The van der Waals surface area contributed by atoms with E-state index in [4.69, 9.17) is 0 Å². The van der Waals surface area contributed by atoms with E-state index in [9.17, 15) is 5.11 Å². The molecule has 1 aromatic rings. The summed E-state index contributed by atoms with van der Waals surface area (Å²) in [6.45, 7) is 9.30. The van der Waals surface area contributed by atoms with Gasteiger partial charge in [0.2, 0.25) is 0 Å². The number of anilines is 1. The van der Waals surface area contributed by atoms with Crippen LogP contribution in [0.2, 0.25) is 0 Å². The van der Waals surface area contributed by atoms with Gasteiger partial charge < -0.3 is 15.3 Å². The fourth-order valence-corrected chi connectivity index (χ4v) is 2.14. The van der Waals surface area contributed by atoms with E-state index in [-0.39, 0.29) is 6.04 Å². The zero-order valence-corrected chi connectivity index (χ0v) is 12.1. The number of nitrogens with one attached hydrogen (secondary N) is 1. The molecular formula is C14H25N3O. The zero-order valence-electron chi connectivity index (χ0n) is 12.1. The van der Waals surface area contributed by atoms with E-state index in [1.807, 2.05) is 18.0 Å². The van der Waals surface area contributed by atoms with Gasteiger partial charge in [-0.25, -0.2) is 4.98 Å². The molecule has 4 heteroatoms. The lowest BCUT2D eigenvalue weighted by molar-refractivity contribution is 0.0884. The first-order valence-corrected chi connectivity index (χ1v) is 6.47. The highest BCUT2D eigenvalue weighted by atomic mass is 16.3. The predicted octanol–water partition coefficient (Wildman–Crippen LogP) is 1.96. The van der Waals surface area contributed by atoms with Gasteiger partial charge in [-0.1, -0.05) is 13.0 Å². The minimum Gasteiger partial charge on any atom is -0.389 e. The number of hydrogen-bond donors (Lipinski definition) is 2. The van der Waals surface area contributed by atoms with Crippen LogP contribution < -0.4 is 10.2 Å². The van der Waals surface area contributed by atoms with Gasteiger partial charge in [-0.05, 0) is 33.4 Å². The maximum absolute atomic E-state index is 9.90. The molecule has 1 rings (SSSR count). The van der Waals surface area contributed by atoms with E-state index >= 15 is 0 Å². The summed E-state index contributed by atoms with van der Waals surface area (Å²) in [4.78, 5) is 6.44. The number of rotatable bonds is 6. The van der Waals surface area contributed by atoms with Crippen molar-refractivity contribution < 1.29 is 5.11 Å². The molecule has 0 amide bonds. The number of pyridine rings is 1. The third kappa shape index (κ3) is 4.27. The van der Waals surface area contributed by atoms with Gasteiger partial charge in [0.15, 0.2) is 0 Å². The first-order valence-electron chi connectivity index (χ1n) is 6.47. The minimum absolute atomic E-state index is 0.253. The lowest BCUT2D eigenvalue weighted by Gasteiger charge is -2.29. The van der Waals surface area contributed by atoms with E-state index in [1.54, 1.807) is 20.0 Å². The smallest absolute Gasteiger partial charge is 0.133 e. The number of aromatic nitrogens is 1.